The van der Waals surface area contributed by atoms with E-state index in [1.165, 1.54) is 30.0 Å². The normalized spacial score (nSPS) is 10.7. The van der Waals surface area contributed by atoms with Crippen LogP contribution in [0.3, 0.4) is 0 Å². The zero-order chi connectivity index (χ0) is 19.7. The average molecular weight is 369 g/mol. The lowest BCUT2D eigenvalue weighted by atomic mass is 10.1. The van der Waals surface area contributed by atoms with Crippen molar-refractivity contribution in [1.29, 1.82) is 0 Å². The summed E-state index contributed by atoms with van der Waals surface area (Å²) in [5.74, 6) is -1.89. The first-order valence-electron chi connectivity index (χ1n) is 7.98. The Morgan fingerprint density at radius 2 is 1.93 bits per heavy atom. The highest BCUT2D eigenvalue weighted by Crippen LogP contribution is 2.17. The molecule has 1 aromatic heterocycles. The smallest absolute Gasteiger partial charge is 0.338 e. The number of fused-ring (bicyclic) bond motifs is 1. The molecule has 0 bridgehead atoms. The number of carbonyl (C=O) groups is 2. The predicted molar refractivity (Wildman–Crippen MR) is 97.4 cm³/mol. The molecule has 0 aliphatic heterocycles. The van der Waals surface area contributed by atoms with Gasteiger partial charge in [-0.2, -0.15) is 5.10 Å². The molecule has 3 aromatic rings. The van der Waals surface area contributed by atoms with Gasteiger partial charge >= 0.3 is 5.97 Å². The largest absolute Gasteiger partial charge is 0.465 e. The van der Waals surface area contributed by atoms with Crippen molar-refractivity contribution in [2.45, 2.75) is 6.92 Å². The SMILES string of the molecule is COC(=O)c1cc(NC(=O)c2nn(C)c3ccc(F)cc3c2=O)ccc1C. The van der Waals surface area contributed by atoms with Crippen LogP contribution < -0.4 is 10.7 Å². The number of methoxy groups -OCH3 is 1. The van der Waals surface area contributed by atoms with Crippen LogP contribution in [0.4, 0.5) is 10.1 Å². The fourth-order valence-electron chi connectivity index (χ4n) is 2.72. The van der Waals surface area contributed by atoms with E-state index in [0.717, 1.165) is 6.07 Å². The molecule has 1 N–H and O–H groups in total. The number of hydrogen-bond donors (Lipinski definition) is 1. The molecule has 0 unspecified atom stereocenters. The minimum absolute atomic E-state index is 0.0526. The molecule has 138 valence electrons. The van der Waals surface area contributed by atoms with Gasteiger partial charge in [0.2, 0.25) is 5.43 Å². The third-order valence-corrected chi connectivity index (χ3v) is 4.13. The van der Waals surface area contributed by atoms with E-state index in [9.17, 15) is 18.8 Å². The van der Waals surface area contributed by atoms with Gasteiger partial charge in [0, 0.05) is 12.7 Å². The second kappa shape index (κ2) is 6.99. The molecule has 0 spiro atoms. The van der Waals surface area contributed by atoms with Gasteiger partial charge < -0.3 is 10.1 Å². The van der Waals surface area contributed by atoms with Crippen LogP contribution in [-0.2, 0) is 11.8 Å². The highest BCUT2D eigenvalue weighted by atomic mass is 19.1. The van der Waals surface area contributed by atoms with Crippen LogP contribution in [0.25, 0.3) is 10.9 Å². The standard InChI is InChI=1S/C19H16FN3O4/c1-10-4-6-12(9-13(10)19(26)27-3)21-18(25)16-17(24)14-8-11(20)5-7-15(14)23(2)22-16/h4-9H,1-3H3,(H,21,25). The Hall–Kier alpha value is -3.55. The number of halogens is 1. The Morgan fingerprint density at radius 3 is 2.63 bits per heavy atom. The molecule has 0 saturated heterocycles. The second-order valence-electron chi connectivity index (χ2n) is 5.94. The monoisotopic (exact) mass is 369 g/mol. The van der Waals surface area contributed by atoms with E-state index in [1.54, 1.807) is 26.1 Å². The number of benzene rings is 2. The number of nitrogens with zero attached hydrogens (tertiary/aromatic N) is 2. The van der Waals surface area contributed by atoms with Crippen LogP contribution in [0.15, 0.2) is 41.2 Å². The van der Waals surface area contributed by atoms with Crippen LogP contribution >= 0.6 is 0 Å². The van der Waals surface area contributed by atoms with E-state index in [1.807, 2.05) is 0 Å². The maximum absolute atomic E-state index is 13.5. The van der Waals surface area contributed by atoms with Gasteiger partial charge in [-0.15, -0.1) is 0 Å². The van der Waals surface area contributed by atoms with Crippen molar-refractivity contribution in [1.82, 2.24) is 9.78 Å². The molecule has 0 aliphatic carbocycles. The maximum atomic E-state index is 13.5. The number of aryl methyl sites for hydroxylation is 2. The van der Waals surface area contributed by atoms with Crippen molar-refractivity contribution >= 4 is 28.5 Å². The number of rotatable bonds is 3. The van der Waals surface area contributed by atoms with Crippen LogP contribution in [-0.4, -0.2) is 28.8 Å². The van der Waals surface area contributed by atoms with Crippen molar-refractivity contribution in [3.63, 3.8) is 0 Å². The highest BCUT2D eigenvalue weighted by molar-refractivity contribution is 6.05. The van der Waals surface area contributed by atoms with E-state index in [4.69, 9.17) is 4.74 Å². The van der Waals surface area contributed by atoms with Crippen LogP contribution in [0.5, 0.6) is 0 Å². The molecular formula is C19H16FN3O4. The van der Waals surface area contributed by atoms with E-state index in [-0.39, 0.29) is 16.6 Å². The summed E-state index contributed by atoms with van der Waals surface area (Å²) >= 11 is 0. The number of ether oxygens (including phenoxy) is 1. The number of aromatic nitrogens is 2. The Morgan fingerprint density at radius 1 is 1.19 bits per heavy atom. The summed E-state index contributed by atoms with van der Waals surface area (Å²) in [7, 11) is 2.81. The van der Waals surface area contributed by atoms with E-state index in [0.29, 0.717) is 16.8 Å². The summed E-state index contributed by atoms with van der Waals surface area (Å²) in [4.78, 5) is 36.9. The van der Waals surface area contributed by atoms with Crippen molar-refractivity contribution in [2.24, 2.45) is 7.05 Å². The summed E-state index contributed by atoms with van der Waals surface area (Å²) < 4.78 is 19.5. The zero-order valence-corrected chi connectivity index (χ0v) is 14.9. The number of carbonyl (C=O) groups excluding carboxylic acids is 2. The molecule has 0 aliphatic rings. The predicted octanol–water partition coefficient (Wildman–Crippen LogP) is 2.42. The maximum Gasteiger partial charge on any atom is 0.338 e. The Bertz CT molecular complexity index is 1140. The fourth-order valence-corrected chi connectivity index (χ4v) is 2.72. The van der Waals surface area contributed by atoms with E-state index < -0.39 is 23.1 Å². The Labute approximate surface area is 153 Å². The molecule has 8 heteroatoms. The third-order valence-electron chi connectivity index (χ3n) is 4.13. The summed E-state index contributed by atoms with van der Waals surface area (Å²) in [6, 6.07) is 8.38. The molecule has 0 fully saturated rings. The molecule has 2 aromatic carbocycles. The van der Waals surface area contributed by atoms with Gasteiger partial charge in [0.05, 0.1) is 23.6 Å². The van der Waals surface area contributed by atoms with Gasteiger partial charge in [-0.05, 0) is 42.8 Å². The number of anilines is 1. The quantitative estimate of drug-likeness (QED) is 0.716. The minimum atomic E-state index is -0.763. The minimum Gasteiger partial charge on any atom is -0.465 e. The molecular weight excluding hydrogens is 353 g/mol. The molecule has 3 rings (SSSR count). The first-order valence-corrected chi connectivity index (χ1v) is 7.98. The lowest BCUT2D eigenvalue weighted by molar-refractivity contribution is 0.0599. The summed E-state index contributed by atoms with van der Waals surface area (Å²) in [5, 5.41) is 6.58. The zero-order valence-electron chi connectivity index (χ0n) is 14.9. The first kappa shape index (κ1) is 18.2. The highest BCUT2D eigenvalue weighted by Gasteiger charge is 2.18. The first-order chi connectivity index (χ1) is 12.8. The molecule has 7 nitrogen and oxygen atoms in total. The van der Waals surface area contributed by atoms with E-state index >= 15 is 0 Å². The van der Waals surface area contributed by atoms with E-state index in [2.05, 4.69) is 10.4 Å². The Kier molecular flexibility index (Phi) is 4.72. The van der Waals surface area contributed by atoms with Gasteiger partial charge in [0.15, 0.2) is 5.69 Å². The molecule has 0 atom stereocenters. The topological polar surface area (TPSA) is 90.3 Å². The lowest BCUT2D eigenvalue weighted by Crippen LogP contribution is -2.26. The van der Waals surface area contributed by atoms with Crippen molar-refractivity contribution in [2.75, 3.05) is 12.4 Å². The van der Waals surface area contributed by atoms with Gasteiger partial charge in [0.1, 0.15) is 5.82 Å². The fraction of sp³-hybridized carbons (Fsp3) is 0.158. The van der Waals surface area contributed by atoms with Crippen LogP contribution in [0.2, 0.25) is 0 Å². The molecule has 0 saturated carbocycles. The van der Waals surface area contributed by atoms with Gasteiger partial charge in [-0.1, -0.05) is 6.07 Å². The van der Waals surface area contributed by atoms with Crippen molar-refractivity contribution in [3.05, 3.63) is 69.3 Å². The number of nitrogens with one attached hydrogen (secondary N) is 1. The van der Waals surface area contributed by atoms with Gasteiger partial charge in [-0.3, -0.25) is 14.3 Å². The second-order valence-corrected chi connectivity index (χ2v) is 5.94. The van der Waals surface area contributed by atoms with Crippen molar-refractivity contribution < 1.29 is 18.7 Å². The van der Waals surface area contributed by atoms with Crippen LogP contribution in [0, 0.1) is 12.7 Å². The molecule has 1 heterocycles. The summed E-state index contributed by atoms with van der Waals surface area (Å²) in [5.41, 5.74) is 0.610. The number of hydrogen-bond acceptors (Lipinski definition) is 5. The average Bonchev–Trinajstić information content (AvgIpc) is 2.65. The van der Waals surface area contributed by atoms with Crippen LogP contribution in [0.1, 0.15) is 26.4 Å². The lowest BCUT2D eigenvalue weighted by Gasteiger charge is -2.10. The van der Waals surface area contributed by atoms with Gasteiger partial charge in [0.25, 0.3) is 5.91 Å². The summed E-state index contributed by atoms with van der Waals surface area (Å²) in [6.45, 7) is 1.73. The van der Waals surface area contributed by atoms with Crippen molar-refractivity contribution in [3.8, 4) is 0 Å². The number of esters is 1. The molecule has 0 radical (unpaired) electrons. The van der Waals surface area contributed by atoms with Gasteiger partial charge in [-0.25, -0.2) is 9.18 Å². The number of amides is 1. The summed E-state index contributed by atoms with van der Waals surface area (Å²) in [6.07, 6.45) is 0. The Balaban J connectivity index is 2.01. The molecule has 27 heavy (non-hydrogen) atoms. The third kappa shape index (κ3) is 3.41. The molecule has 1 amide bonds.